The zero-order valence-electron chi connectivity index (χ0n) is 12.4. The van der Waals surface area contributed by atoms with Crippen molar-refractivity contribution in [3.05, 3.63) is 46.7 Å². The van der Waals surface area contributed by atoms with E-state index in [0.29, 0.717) is 17.1 Å². The zero-order chi connectivity index (χ0) is 15.5. The number of aromatic nitrogens is 2. The predicted octanol–water partition coefficient (Wildman–Crippen LogP) is 2.74. The highest BCUT2D eigenvalue weighted by molar-refractivity contribution is 6.32. The van der Waals surface area contributed by atoms with Crippen LogP contribution < -0.4 is 5.32 Å². The maximum atomic E-state index is 12.3. The fourth-order valence-electron chi connectivity index (χ4n) is 2.61. The van der Waals surface area contributed by atoms with Gasteiger partial charge in [-0.2, -0.15) is 5.10 Å². The van der Waals surface area contributed by atoms with Crippen LogP contribution in [0.2, 0.25) is 5.02 Å². The van der Waals surface area contributed by atoms with Crippen molar-refractivity contribution in [3.8, 4) is 5.69 Å². The van der Waals surface area contributed by atoms with Crippen LogP contribution in [0.4, 0.5) is 0 Å². The normalized spacial score (nSPS) is 17.6. The Balaban J connectivity index is 1.75. The molecular formula is C16H18ClN3O2. The van der Waals surface area contributed by atoms with Crippen LogP contribution in [0.5, 0.6) is 0 Å². The van der Waals surface area contributed by atoms with E-state index in [2.05, 4.69) is 10.4 Å². The number of nitrogens with one attached hydrogen (secondary N) is 1. The van der Waals surface area contributed by atoms with E-state index in [1.54, 1.807) is 16.9 Å². The quantitative estimate of drug-likeness (QED) is 0.942. The predicted molar refractivity (Wildman–Crippen MR) is 84.6 cm³/mol. The number of hydrogen-bond donors (Lipinski definition) is 1. The van der Waals surface area contributed by atoms with Crippen LogP contribution >= 0.6 is 11.6 Å². The van der Waals surface area contributed by atoms with Crippen molar-refractivity contribution >= 4 is 17.5 Å². The van der Waals surface area contributed by atoms with Crippen molar-refractivity contribution < 1.29 is 9.53 Å². The molecule has 0 spiro atoms. The van der Waals surface area contributed by atoms with Crippen LogP contribution in [0.3, 0.4) is 0 Å². The first-order valence-corrected chi connectivity index (χ1v) is 7.74. The summed E-state index contributed by atoms with van der Waals surface area (Å²) in [6, 6.07) is 7.42. The van der Waals surface area contributed by atoms with E-state index in [-0.39, 0.29) is 12.0 Å². The average molecular weight is 320 g/mol. The lowest BCUT2D eigenvalue weighted by molar-refractivity contribution is 0.0857. The van der Waals surface area contributed by atoms with Gasteiger partial charge in [-0.25, -0.2) is 4.68 Å². The minimum atomic E-state index is -0.133. The van der Waals surface area contributed by atoms with Gasteiger partial charge < -0.3 is 10.1 Å². The topological polar surface area (TPSA) is 56.1 Å². The van der Waals surface area contributed by atoms with Crippen LogP contribution in [0.1, 0.15) is 28.9 Å². The van der Waals surface area contributed by atoms with Crippen LogP contribution in [0, 0.1) is 6.92 Å². The van der Waals surface area contributed by atoms with Gasteiger partial charge in [0.05, 0.1) is 34.3 Å². The Bertz CT molecular complexity index is 678. The van der Waals surface area contributed by atoms with E-state index in [1.165, 1.54) is 0 Å². The second-order valence-corrected chi connectivity index (χ2v) is 5.76. The van der Waals surface area contributed by atoms with Gasteiger partial charge in [0.25, 0.3) is 5.91 Å². The second kappa shape index (κ2) is 6.50. The smallest absolute Gasteiger partial charge is 0.254 e. The highest BCUT2D eigenvalue weighted by atomic mass is 35.5. The Morgan fingerprint density at radius 1 is 1.50 bits per heavy atom. The molecule has 22 heavy (non-hydrogen) atoms. The van der Waals surface area contributed by atoms with Crippen LogP contribution in [-0.2, 0) is 4.74 Å². The molecule has 1 unspecified atom stereocenters. The molecule has 6 heteroatoms. The van der Waals surface area contributed by atoms with Crippen LogP contribution in [0.15, 0.2) is 30.5 Å². The molecule has 0 radical (unpaired) electrons. The van der Waals surface area contributed by atoms with E-state index in [1.807, 2.05) is 25.1 Å². The second-order valence-electron chi connectivity index (χ2n) is 5.35. The van der Waals surface area contributed by atoms with Gasteiger partial charge in [0.15, 0.2) is 0 Å². The molecule has 1 amide bonds. The Kier molecular flexibility index (Phi) is 4.45. The van der Waals surface area contributed by atoms with Crippen molar-refractivity contribution in [1.82, 2.24) is 15.1 Å². The Labute approximate surface area is 134 Å². The largest absolute Gasteiger partial charge is 0.376 e. The molecule has 0 saturated carbocycles. The molecular weight excluding hydrogens is 302 g/mol. The summed E-state index contributed by atoms with van der Waals surface area (Å²) in [6.07, 6.45) is 3.76. The lowest BCUT2D eigenvalue weighted by Crippen LogP contribution is -2.32. The number of benzene rings is 1. The first-order valence-electron chi connectivity index (χ1n) is 7.36. The summed E-state index contributed by atoms with van der Waals surface area (Å²) in [7, 11) is 0. The summed E-state index contributed by atoms with van der Waals surface area (Å²) in [5.74, 6) is -0.133. The van der Waals surface area contributed by atoms with Crippen molar-refractivity contribution in [3.63, 3.8) is 0 Å². The molecule has 1 aromatic heterocycles. The lowest BCUT2D eigenvalue weighted by Gasteiger charge is -2.11. The van der Waals surface area contributed by atoms with E-state index in [9.17, 15) is 4.79 Å². The van der Waals surface area contributed by atoms with Gasteiger partial charge in [-0.3, -0.25) is 4.79 Å². The van der Waals surface area contributed by atoms with Crippen LogP contribution in [0.25, 0.3) is 5.69 Å². The molecule has 0 aliphatic carbocycles. The summed E-state index contributed by atoms with van der Waals surface area (Å²) in [6.45, 7) is 3.18. The lowest BCUT2D eigenvalue weighted by atomic mass is 10.2. The zero-order valence-corrected chi connectivity index (χ0v) is 13.1. The molecule has 1 aliphatic heterocycles. The van der Waals surface area contributed by atoms with Gasteiger partial charge in [0, 0.05) is 13.2 Å². The number of carbonyl (C=O) groups excluding carboxylic acids is 1. The van der Waals surface area contributed by atoms with Crippen LogP contribution in [-0.4, -0.2) is 34.9 Å². The summed E-state index contributed by atoms with van der Waals surface area (Å²) < 4.78 is 7.19. The number of rotatable bonds is 4. The molecule has 5 nitrogen and oxygen atoms in total. The molecule has 1 aromatic carbocycles. The number of ether oxygens (including phenoxy) is 1. The fourth-order valence-corrected chi connectivity index (χ4v) is 2.82. The Hall–Kier alpha value is -1.85. The molecule has 2 aromatic rings. The summed E-state index contributed by atoms with van der Waals surface area (Å²) in [5.41, 5.74) is 2.08. The third-order valence-corrected chi connectivity index (χ3v) is 4.17. The average Bonchev–Trinajstić information content (AvgIpc) is 3.15. The van der Waals surface area contributed by atoms with Gasteiger partial charge in [-0.15, -0.1) is 0 Å². The molecule has 3 rings (SSSR count). The number of amides is 1. The first kappa shape index (κ1) is 15.1. The third-order valence-electron chi connectivity index (χ3n) is 3.85. The summed E-state index contributed by atoms with van der Waals surface area (Å²) in [5, 5.41) is 7.80. The highest BCUT2D eigenvalue weighted by Gasteiger charge is 2.19. The minimum Gasteiger partial charge on any atom is -0.376 e. The molecule has 2 heterocycles. The highest BCUT2D eigenvalue weighted by Crippen LogP contribution is 2.22. The molecule has 116 valence electrons. The number of carbonyl (C=O) groups is 1. The van der Waals surface area contributed by atoms with Gasteiger partial charge in [-0.05, 0) is 31.9 Å². The summed E-state index contributed by atoms with van der Waals surface area (Å²) in [4.78, 5) is 12.3. The molecule has 1 N–H and O–H groups in total. The number of halogens is 1. The standard InChI is InChI=1S/C16H18ClN3O2/c1-11-13(16(21)18-9-12-5-4-8-22-12)10-19-20(11)15-7-3-2-6-14(15)17/h2-3,6-7,10,12H,4-5,8-9H2,1H3,(H,18,21). The number of para-hydroxylation sites is 1. The van der Waals surface area contributed by atoms with E-state index in [4.69, 9.17) is 16.3 Å². The van der Waals surface area contributed by atoms with Crippen molar-refractivity contribution in [2.75, 3.05) is 13.2 Å². The van der Waals surface area contributed by atoms with E-state index < -0.39 is 0 Å². The number of hydrogen-bond acceptors (Lipinski definition) is 3. The van der Waals surface area contributed by atoms with Crippen molar-refractivity contribution in [1.29, 1.82) is 0 Å². The molecule has 1 saturated heterocycles. The maximum absolute atomic E-state index is 12.3. The summed E-state index contributed by atoms with van der Waals surface area (Å²) >= 11 is 6.19. The van der Waals surface area contributed by atoms with E-state index in [0.717, 1.165) is 30.8 Å². The molecule has 0 bridgehead atoms. The number of nitrogens with zero attached hydrogens (tertiary/aromatic N) is 2. The molecule has 1 aliphatic rings. The Morgan fingerprint density at radius 3 is 3.05 bits per heavy atom. The van der Waals surface area contributed by atoms with E-state index >= 15 is 0 Å². The maximum Gasteiger partial charge on any atom is 0.254 e. The molecule has 1 fully saturated rings. The van der Waals surface area contributed by atoms with Gasteiger partial charge in [0.2, 0.25) is 0 Å². The van der Waals surface area contributed by atoms with Gasteiger partial charge in [0.1, 0.15) is 0 Å². The Morgan fingerprint density at radius 2 is 2.32 bits per heavy atom. The van der Waals surface area contributed by atoms with Crippen molar-refractivity contribution in [2.24, 2.45) is 0 Å². The first-order chi connectivity index (χ1) is 10.7. The minimum absolute atomic E-state index is 0.128. The molecule has 1 atom stereocenters. The SMILES string of the molecule is Cc1c(C(=O)NCC2CCCO2)cnn1-c1ccccc1Cl. The third kappa shape index (κ3) is 3.00. The fraction of sp³-hybridized carbons (Fsp3) is 0.375. The van der Waals surface area contributed by atoms with Gasteiger partial charge >= 0.3 is 0 Å². The van der Waals surface area contributed by atoms with Gasteiger partial charge in [-0.1, -0.05) is 23.7 Å². The monoisotopic (exact) mass is 319 g/mol. The van der Waals surface area contributed by atoms with Crippen molar-refractivity contribution in [2.45, 2.75) is 25.9 Å².